The van der Waals surface area contributed by atoms with Gasteiger partial charge >= 0.3 is 6.18 Å². The molecule has 0 radical (unpaired) electrons. The van der Waals surface area contributed by atoms with Crippen LogP contribution in [0.1, 0.15) is 65.1 Å². The van der Waals surface area contributed by atoms with E-state index >= 15 is 0 Å². The Hall–Kier alpha value is -2.49. The van der Waals surface area contributed by atoms with E-state index in [1.807, 2.05) is 6.92 Å². The highest BCUT2D eigenvalue weighted by atomic mass is 32.1. The molecule has 0 spiro atoms. The minimum atomic E-state index is -4.44. The Labute approximate surface area is 185 Å². The normalized spacial score (nSPS) is 19.2. The van der Waals surface area contributed by atoms with Crippen LogP contribution in [-0.4, -0.2) is 34.7 Å². The first-order valence-electron chi connectivity index (χ1n) is 10.1. The lowest BCUT2D eigenvalue weighted by Crippen LogP contribution is -2.44. The Morgan fingerprint density at radius 3 is 2.45 bits per heavy atom. The van der Waals surface area contributed by atoms with Crippen molar-refractivity contribution in [3.63, 3.8) is 0 Å². The zero-order valence-electron chi connectivity index (χ0n) is 17.1. The van der Waals surface area contributed by atoms with Crippen molar-refractivity contribution in [3.8, 4) is 0 Å². The van der Waals surface area contributed by atoms with Crippen LogP contribution in [0.2, 0.25) is 0 Å². The van der Waals surface area contributed by atoms with Gasteiger partial charge in [0.15, 0.2) is 0 Å². The summed E-state index contributed by atoms with van der Waals surface area (Å²) in [6.45, 7) is 2.66. The highest BCUT2D eigenvalue weighted by molar-refractivity contribution is 7.59. The van der Waals surface area contributed by atoms with E-state index in [1.165, 1.54) is 40.8 Å². The topological polar surface area (TPSA) is 67.2 Å². The molecule has 168 valence electrons. The van der Waals surface area contributed by atoms with Gasteiger partial charge in [-0.3, -0.25) is 14.3 Å². The molecule has 0 saturated heterocycles. The number of benzene rings is 1. The second-order valence-electron chi connectivity index (χ2n) is 8.02. The molecule has 4 rings (SSSR count). The summed E-state index contributed by atoms with van der Waals surface area (Å²) in [5.74, 6) is -0.340. The van der Waals surface area contributed by atoms with Gasteiger partial charge in [0.1, 0.15) is 5.69 Å². The summed E-state index contributed by atoms with van der Waals surface area (Å²) in [7, 11) is 0. The Morgan fingerprint density at radius 2 is 1.84 bits per heavy atom. The molecule has 10 heteroatoms. The lowest BCUT2D eigenvalue weighted by Gasteiger charge is -2.32. The fraction of sp³-hybridized carbons (Fsp3) is 0.476. The number of alkyl halides is 3. The molecule has 1 aliphatic carbocycles. The van der Waals surface area contributed by atoms with E-state index in [9.17, 15) is 22.8 Å². The molecule has 6 nitrogen and oxygen atoms in total. The van der Waals surface area contributed by atoms with Crippen molar-refractivity contribution >= 4 is 31.0 Å². The number of fused-ring (bicyclic) bond motifs is 1. The molecule has 1 N–H and O–H groups in total. The lowest BCUT2D eigenvalue weighted by molar-refractivity contribution is -0.137. The maximum absolute atomic E-state index is 13.2. The number of hydrogen-bond acceptors (Lipinski definition) is 3. The maximum Gasteiger partial charge on any atom is 0.416 e. The predicted octanol–water partition coefficient (Wildman–Crippen LogP) is 4.16. The molecule has 1 aromatic heterocycles. The van der Waals surface area contributed by atoms with Crippen LogP contribution >= 0.6 is 13.5 Å². The van der Waals surface area contributed by atoms with Crippen LogP contribution in [0.15, 0.2) is 30.5 Å². The van der Waals surface area contributed by atoms with E-state index in [0.29, 0.717) is 18.2 Å². The summed E-state index contributed by atoms with van der Waals surface area (Å²) < 4.78 is 40.1. The number of aromatic nitrogens is 2. The van der Waals surface area contributed by atoms with Crippen molar-refractivity contribution in [1.29, 1.82) is 0 Å². The summed E-state index contributed by atoms with van der Waals surface area (Å²) in [6, 6.07) is 4.23. The number of nitrogens with zero attached hydrogens (tertiary/aromatic N) is 3. The molecule has 2 heterocycles. The van der Waals surface area contributed by atoms with Gasteiger partial charge in [-0.25, -0.2) is 0 Å². The highest BCUT2D eigenvalue weighted by Gasteiger charge is 2.36. The summed E-state index contributed by atoms with van der Waals surface area (Å²) in [5, 5.41) is 7.13. The van der Waals surface area contributed by atoms with Crippen LogP contribution in [-0.2, 0) is 6.18 Å². The zero-order chi connectivity index (χ0) is 21.5. The number of halogens is 3. The van der Waals surface area contributed by atoms with E-state index < -0.39 is 17.6 Å². The summed E-state index contributed by atoms with van der Waals surface area (Å²) in [4.78, 5) is 27.3. The number of nitrogens with one attached hydrogen (secondary N) is 1. The van der Waals surface area contributed by atoms with E-state index in [2.05, 4.69) is 10.4 Å². The first-order valence-corrected chi connectivity index (χ1v) is 10.1. The first-order chi connectivity index (χ1) is 14.3. The van der Waals surface area contributed by atoms with Gasteiger partial charge < -0.3 is 10.2 Å². The molecule has 1 fully saturated rings. The largest absolute Gasteiger partial charge is 0.416 e. The van der Waals surface area contributed by atoms with E-state index in [-0.39, 0.29) is 43.2 Å². The Morgan fingerprint density at radius 1 is 1.19 bits per heavy atom. The van der Waals surface area contributed by atoms with Gasteiger partial charge in [0, 0.05) is 18.8 Å². The highest BCUT2D eigenvalue weighted by Crippen LogP contribution is 2.33. The SMILES string of the molecule is C[C@H]1CN(c2ccc(C(F)(F)F)cc2)C(=O)c2c(C(=O)NCC3CCCC3)cnn21.S. The summed E-state index contributed by atoms with van der Waals surface area (Å²) in [6.07, 6.45) is 1.46. The molecule has 1 saturated carbocycles. The fourth-order valence-corrected chi connectivity index (χ4v) is 4.23. The number of carbonyl (C=O) groups is 2. The molecule has 2 aliphatic rings. The number of rotatable bonds is 4. The standard InChI is InChI=1S/C21H23F3N4O2.H2S/c1-13-12-27(16-8-6-15(7-9-16)21(22,23)24)20(30)18-17(11-26-28(13)18)19(29)25-10-14-4-2-3-5-14;/h6-9,11,13-14H,2-5,10,12H2,1H3,(H,25,29);1H2/t13-;/m0./s1. The van der Waals surface area contributed by atoms with Crippen LogP contribution in [0.4, 0.5) is 18.9 Å². The molecule has 2 amide bonds. The maximum atomic E-state index is 13.2. The van der Waals surface area contributed by atoms with Crippen molar-refractivity contribution < 1.29 is 22.8 Å². The van der Waals surface area contributed by atoms with Crippen LogP contribution in [0.3, 0.4) is 0 Å². The van der Waals surface area contributed by atoms with E-state index in [0.717, 1.165) is 25.0 Å². The molecule has 1 aromatic carbocycles. The fourth-order valence-electron chi connectivity index (χ4n) is 4.23. The molecule has 0 unspecified atom stereocenters. The summed E-state index contributed by atoms with van der Waals surface area (Å²) in [5.41, 5.74) is -0.0654. The molecule has 31 heavy (non-hydrogen) atoms. The third-order valence-electron chi connectivity index (χ3n) is 5.88. The molecule has 2 aromatic rings. The van der Waals surface area contributed by atoms with Gasteiger partial charge in [0.25, 0.3) is 11.8 Å². The Bertz CT molecular complexity index is 953. The molecular weight excluding hydrogens is 429 g/mol. The number of carbonyl (C=O) groups excluding carboxylic acids is 2. The van der Waals surface area contributed by atoms with Gasteiger partial charge in [-0.05, 0) is 49.9 Å². The third kappa shape index (κ3) is 4.58. The van der Waals surface area contributed by atoms with Crippen LogP contribution in [0.25, 0.3) is 0 Å². The Balaban J connectivity index is 0.00000272. The van der Waals surface area contributed by atoms with Crippen molar-refractivity contribution in [2.24, 2.45) is 5.92 Å². The van der Waals surface area contributed by atoms with Gasteiger partial charge in [-0.15, -0.1) is 0 Å². The van der Waals surface area contributed by atoms with E-state index in [4.69, 9.17) is 0 Å². The second-order valence-corrected chi connectivity index (χ2v) is 8.02. The molecule has 1 atom stereocenters. The minimum absolute atomic E-state index is 0. The average Bonchev–Trinajstić information content (AvgIpc) is 3.38. The predicted molar refractivity (Wildman–Crippen MR) is 115 cm³/mol. The van der Waals surface area contributed by atoms with Crippen molar-refractivity contribution in [2.45, 2.75) is 44.8 Å². The van der Waals surface area contributed by atoms with Crippen molar-refractivity contribution in [1.82, 2.24) is 15.1 Å². The van der Waals surface area contributed by atoms with E-state index in [1.54, 1.807) is 0 Å². The number of amides is 2. The number of anilines is 1. The van der Waals surface area contributed by atoms with Gasteiger partial charge in [-0.2, -0.15) is 31.8 Å². The lowest BCUT2D eigenvalue weighted by atomic mass is 10.1. The van der Waals surface area contributed by atoms with Gasteiger partial charge in [0.2, 0.25) is 0 Å². The summed E-state index contributed by atoms with van der Waals surface area (Å²) >= 11 is 0. The zero-order valence-corrected chi connectivity index (χ0v) is 18.1. The van der Waals surface area contributed by atoms with Crippen molar-refractivity contribution in [3.05, 3.63) is 47.3 Å². The second kappa shape index (κ2) is 8.94. The number of hydrogen-bond donors (Lipinski definition) is 1. The smallest absolute Gasteiger partial charge is 0.352 e. The average molecular weight is 455 g/mol. The van der Waals surface area contributed by atoms with Gasteiger partial charge in [0.05, 0.1) is 23.4 Å². The van der Waals surface area contributed by atoms with Crippen LogP contribution in [0.5, 0.6) is 0 Å². The third-order valence-corrected chi connectivity index (χ3v) is 5.88. The Kier molecular flexibility index (Phi) is 6.68. The molecule has 1 aliphatic heterocycles. The van der Waals surface area contributed by atoms with Gasteiger partial charge in [-0.1, -0.05) is 12.8 Å². The van der Waals surface area contributed by atoms with Crippen LogP contribution in [0, 0.1) is 5.92 Å². The molecular formula is C21H25F3N4O2S. The van der Waals surface area contributed by atoms with Crippen LogP contribution < -0.4 is 10.2 Å². The van der Waals surface area contributed by atoms with Crippen molar-refractivity contribution in [2.75, 3.05) is 18.0 Å². The minimum Gasteiger partial charge on any atom is -0.352 e. The molecule has 0 bridgehead atoms. The first kappa shape index (κ1) is 23.2. The monoisotopic (exact) mass is 454 g/mol. The quantitative estimate of drug-likeness (QED) is 0.755.